The number of nitrogens with zero attached hydrogens (tertiary/aromatic N) is 2. The summed E-state index contributed by atoms with van der Waals surface area (Å²) in [6, 6.07) is 10.2. The van der Waals surface area contributed by atoms with Crippen molar-refractivity contribution < 1.29 is 14.7 Å². The number of carbonyl (C=O) groups excluding carboxylic acids is 1. The number of aryl methyl sites for hydroxylation is 1. The van der Waals surface area contributed by atoms with Crippen LogP contribution < -0.4 is 0 Å². The maximum atomic E-state index is 12.6. The lowest BCUT2D eigenvalue weighted by molar-refractivity contribution is -0.151. The van der Waals surface area contributed by atoms with Crippen LogP contribution in [0, 0.1) is 6.92 Å². The van der Waals surface area contributed by atoms with Gasteiger partial charge in [-0.25, -0.2) is 4.79 Å². The fourth-order valence-electron chi connectivity index (χ4n) is 2.98. The normalized spacial score (nSPS) is 16.7. The SMILES string of the molecule is Cc1ccc(CC(=O)N2CCc3ccccc3C2C(=O)O)cn1. The van der Waals surface area contributed by atoms with E-state index in [1.54, 1.807) is 12.3 Å². The van der Waals surface area contributed by atoms with E-state index in [0.29, 0.717) is 18.5 Å². The summed E-state index contributed by atoms with van der Waals surface area (Å²) in [6.07, 6.45) is 2.51. The number of pyridine rings is 1. The highest BCUT2D eigenvalue weighted by Gasteiger charge is 2.35. The molecule has 1 N–H and O–H groups in total. The summed E-state index contributed by atoms with van der Waals surface area (Å²) in [7, 11) is 0. The average molecular weight is 310 g/mol. The second kappa shape index (κ2) is 6.20. The van der Waals surface area contributed by atoms with E-state index < -0.39 is 12.0 Å². The van der Waals surface area contributed by atoms with E-state index in [9.17, 15) is 14.7 Å². The molecule has 0 saturated carbocycles. The van der Waals surface area contributed by atoms with Crippen molar-refractivity contribution in [3.63, 3.8) is 0 Å². The Labute approximate surface area is 134 Å². The summed E-state index contributed by atoms with van der Waals surface area (Å²) in [6.45, 7) is 2.31. The molecule has 5 nitrogen and oxygen atoms in total. The van der Waals surface area contributed by atoms with E-state index >= 15 is 0 Å². The van der Waals surface area contributed by atoms with Gasteiger partial charge in [0.1, 0.15) is 0 Å². The van der Waals surface area contributed by atoms with Gasteiger partial charge >= 0.3 is 5.97 Å². The zero-order valence-corrected chi connectivity index (χ0v) is 12.9. The first kappa shape index (κ1) is 15.2. The number of hydrogen-bond acceptors (Lipinski definition) is 3. The molecule has 0 saturated heterocycles. The number of carboxylic acid groups (broad SMARTS) is 1. The number of aromatic nitrogens is 1. The molecule has 1 aliphatic rings. The third kappa shape index (κ3) is 3.08. The van der Waals surface area contributed by atoms with E-state index in [4.69, 9.17) is 0 Å². The van der Waals surface area contributed by atoms with Crippen LogP contribution >= 0.6 is 0 Å². The van der Waals surface area contributed by atoms with Crippen molar-refractivity contribution >= 4 is 11.9 Å². The van der Waals surface area contributed by atoms with E-state index in [1.165, 1.54) is 4.90 Å². The van der Waals surface area contributed by atoms with Gasteiger partial charge in [-0.3, -0.25) is 9.78 Å². The van der Waals surface area contributed by atoms with Crippen LogP contribution in [0.25, 0.3) is 0 Å². The molecular formula is C18H18N2O3. The van der Waals surface area contributed by atoms with Crippen molar-refractivity contribution in [2.75, 3.05) is 6.54 Å². The van der Waals surface area contributed by atoms with Crippen LogP contribution in [0.5, 0.6) is 0 Å². The van der Waals surface area contributed by atoms with Gasteiger partial charge in [-0.2, -0.15) is 0 Å². The quantitative estimate of drug-likeness (QED) is 0.943. The molecule has 0 radical (unpaired) electrons. The lowest BCUT2D eigenvalue weighted by Crippen LogP contribution is -2.44. The van der Waals surface area contributed by atoms with Crippen LogP contribution in [-0.4, -0.2) is 33.4 Å². The largest absolute Gasteiger partial charge is 0.479 e. The Morgan fingerprint density at radius 3 is 2.74 bits per heavy atom. The Kier molecular flexibility index (Phi) is 4.10. The molecule has 23 heavy (non-hydrogen) atoms. The number of hydrogen-bond donors (Lipinski definition) is 1. The summed E-state index contributed by atoms with van der Waals surface area (Å²) in [4.78, 5) is 30.0. The summed E-state index contributed by atoms with van der Waals surface area (Å²) in [5.74, 6) is -1.18. The van der Waals surface area contributed by atoms with Crippen LogP contribution in [0.4, 0.5) is 0 Å². The number of amides is 1. The van der Waals surface area contributed by atoms with Crippen LogP contribution in [0.2, 0.25) is 0 Å². The van der Waals surface area contributed by atoms with Crippen LogP contribution in [0.1, 0.15) is 28.4 Å². The first-order valence-electron chi connectivity index (χ1n) is 7.58. The maximum Gasteiger partial charge on any atom is 0.331 e. The van der Waals surface area contributed by atoms with Gasteiger partial charge in [-0.05, 0) is 36.1 Å². The molecule has 2 aromatic rings. The Balaban J connectivity index is 1.85. The van der Waals surface area contributed by atoms with Gasteiger partial charge < -0.3 is 10.0 Å². The number of aliphatic carboxylic acids is 1. The predicted octanol–water partition coefficient (Wildman–Crippen LogP) is 2.14. The Bertz CT molecular complexity index is 740. The van der Waals surface area contributed by atoms with E-state index in [-0.39, 0.29) is 12.3 Å². The Morgan fingerprint density at radius 1 is 1.26 bits per heavy atom. The molecular weight excluding hydrogens is 292 g/mol. The van der Waals surface area contributed by atoms with E-state index in [1.807, 2.05) is 37.3 Å². The molecule has 2 heterocycles. The molecule has 5 heteroatoms. The van der Waals surface area contributed by atoms with Gasteiger partial charge in [0.15, 0.2) is 6.04 Å². The smallest absolute Gasteiger partial charge is 0.331 e. The first-order valence-corrected chi connectivity index (χ1v) is 7.58. The molecule has 1 aromatic heterocycles. The summed E-state index contributed by atoms with van der Waals surface area (Å²) >= 11 is 0. The van der Waals surface area contributed by atoms with Crippen LogP contribution in [0.15, 0.2) is 42.6 Å². The van der Waals surface area contributed by atoms with Crippen molar-refractivity contribution in [1.29, 1.82) is 0 Å². The highest BCUT2D eigenvalue weighted by molar-refractivity contribution is 5.86. The topological polar surface area (TPSA) is 70.5 Å². The Morgan fingerprint density at radius 2 is 2.04 bits per heavy atom. The van der Waals surface area contributed by atoms with Crippen molar-refractivity contribution in [2.24, 2.45) is 0 Å². The highest BCUT2D eigenvalue weighted by Crippen LogP contribution is 2.30. The van der Waals surface area contributed by atoms with Gasteiger partial charge in [-0.1, -0.05) is 30.3 Å². The molecule has 1 amide bonds. The monoisotopic (exact) mass is 310 g/mol. The standard InChI is InChI=1S/C18H18N2O3/c1-12-6-7-13(11-19-12)10-16(21)20-9-8-14-4-2-3-5-15(14)17(20)18(22)23/h2-7,11,17H,8-10H2,1H3,(H,22,23). The summed E-state index contributed by atoms with van der Waals surface area (Å²) in [5.41, 5.74) is 3.39. The molecule has 1 unspecified atom stereocenters. The van der Waals surface area contributed by atoms with Crippen molar-refractivity contribution in [1.82, 2.24) is 9.88 Å². The minimum Gasteiger partial charge on any atom is -0.479 e. The van der Waals surface area contributed by atoms with Gasteiger partial charge in [-0.15, -0.1) is 0 Å². The lowest BCUT2D eigenvalue weighted by atomic mass is 9.92. The predicted molar refractivity (Wildman–Crippen MR) is 84.9 cm³/mol. The molecule has 0 spiro atoms. The van der Waals surface area contributed by atoms with Gasteiger partial charge in [0.05, 0.1) is 6.42 Å². The Hall–Kier alpha value is -2.69. The number of benzene rings is 1. The summed E-state index contributed by atoms with van der Waals surface area (Å²) < 4.78 is 0. The van der Waals surface area contributed by atoms with Crippen LogP contribution in [-0.2, 0) is 22.4 Å². The lowest BCUT2D eigenvalue weighted by Gasteiger charge is -2.34. The maximum absolute atomic E-state index is 12.6. The minimum atomic E-state index is -0.993. The molecule has 0 fully saturated rings. The highest BCUT2D eigenvalue weighted by atomic mass is 16.4. The minimum absolute atomic E-state index is 0.166. The number of fused-ring (bicyclic) bond motifs is 1. The third-order valence-corrected chi connectivity index (χ3v) is 4.17. The fraction of sp³-hybridized carbons (Fsp3) is 0.278. The molecule has 3 rings (SSSR count). The number of carboxylic acids is 1. The average Bonchev–Trinajstić information content (AvgIpc) is 2.55. The zero-order chi connectivity index (χ0) is 16.4. The molecule has 1 atom stereocenters. The number of rotatable bonds is 3. The van der Waals surface area contributed by atoms with Gasteiger partial charge in [0.25, 0.3) is 0 Å². The van der Waals surface area contributed by atoms with Crippen molar-refractivity contribution in [3.05, 3.63) is 65.0 Å². The number of carbonyl (C=O) groups is 2. The zero-order valence-electron chi connectivity index (χ0n) is 12.9. The third-order valence-electron chi connectivity index (χ3n) is 4.17. The second-order valence-corrected chi connectivity index (χ2v) is 5.76. The van der Waals surface area contributed by atoms with Crippen LogP contribution in [0.3, 0.4) is 0 Å². The van der Waals surface area contributed by atoms with Gasteiger partial charge in [0.2, 0.25) is 5.91 Å². The van der Waals surface area contributed by atoms with E-state index in [0.717, 1.165) is 16.8 Å². The van der Waals surface area contributed by atoms with Crippen molar-refractivity contribution in [2.45, 2.75) is 25.8 Å². The second-order valence-electron chi connectivity index (χ2n) is 5.76. The van der Waals surface area contributed by atoms with Gasteiger partial charge in [0, 0.05) is 18.4 Å². The molecule has 1 aliphatic heterocycles. The molecule has 0 aliphatic carbocycles. The van der Waals surface area contributed by atoms with Crippen molar-refractivity contribution in [3.8, 4) is 0 Å². The van der Waals surface area contributed by atoms with E-state index in [2.05, 4.69) is 4.98 Å². The molecule has 118 valence electrons. The first-order chi connectivity index (χ1) is 11.1. The molecule has 0 bridgehead atoms. The fourth-order valence-corrected chi connectivity index (χ4v) is 2.98. The summed E-state index contributed by atoms with van der Waals surface area (Å²) in [5, 5.41) is 9.60. The molecule has 1 aromatic carbocycles.